The number of Topliss-reactive ketones (excluding diaryl/α,β-unsaturated/α-hetero) is 1. The van der Waals surface area contributed by atoms with Gasteiger partial charge in [0.05, 0.1) is 0 Å². The second-order valence-electron chi connectivity index (χ2n) is 3.33. The van der Waals surface area contributed by atoms with Crippen LogP contribution in [0.4, 0.5) is 0 Å². The summed E-state index contributed by atoms with van der Waals surface area (Å²) >= 11 is 3.41. The fraction of sp³-hybridized carbons (Fsp3) is 0.200. The Morgan fingerprint density at radius 1 is 1.44 bits per heavy atom. The number of hydrogen-bond donors (Lipinski definition) is 0. The van der Waals surface area contributed by atoms with Gasteiger partial charge in [-0.05, 0) is 24.3 Å². The molecule has 0 fully saturated rings. The van der Waals surface area contributed by atoms with Gasteiger partial charge >= 0.3 is 0 Å². The Bertz CT molecular complexity index is 523. The molecule has 0 aliphatic carbocycles. The number of hydrogen-bond acceptors (Lipinski definition) is 4. The number of rotatable bonds is 3. The Hall–Kier alpha value is -1.56. The number of carbonyl (C=O) groups excluding carboxylic acids is 1. The summed E-state index contributed by atoms with van der Waals surface area (Å²) in [6, 6.07) is 7.60. The van der Waals surface area contributed by atoms with Gasteiger partial charge in [0.15, 0.2) is 5.78 Å². The Morgan fingerprint density at radius 3 is 2.88 bits per heavy atom. The first kappa shape index (κ1) is 10.9. The normalized spacial score (nSPS) is 10.4. The van der Waals surface area contributed by atoms with E-state index < -0.39 is 0 Å². The van der Waals surface area contributed by atoms with Gasteiger partial charge < -0.3 is 0 Å². The first-order chi connectivity index (χ1) is 7.66. The molecule has 0 bridgehead atoms. The van der Waals surface area contributed by atoms with Crippen molar-refractivity contribution in [1.82, 2.24) is 20.2 Å². The van der Waals surface area contributed by atoms with Crippen molar-refractivity contribution in [3.05, 3.63) is 28.7 Å². The Balaban J connectivity index is 2.32. The molecule has 0 saturated carbocycles. The molecule has 0 unspecified atom stereocenters. The number of tetrazole rings is 1. The number of carbonyl (C=O) groups is 1. The van der Waals surface area contributed by atoms with E-state index in [1.54, 1.807) is 0 Å². The quantitative estimate of drug-likeness (QED) is 0.859. The largest absolute Gasteiger partial charge is 0.298 e. The van der Waals surface area contributed by atoms with Gasteiger partial charge in [-0.3, -0.25) is 4.79 Å². The minimum Gasteiger partial charge on any atom is -0.298 e. The van der Waals surface area contributed by atoms with Crippen LogP contribution in [0.3, 0.4) is 0 Å². The number of nitrogens with zero attached hydrogens (tertiary/aromatic N) is 4. The van der Waals surface area contributed by atoms with E-state index in [0.29, 0.717) is 5.82 Å². The van der Waals surface area contributed by atoms with Crippen LogP contribution >= 0.6 is 15.9 Å². The van der Waals surface area contributed by atoms with Crippen LogP contribution < -0.4 is 0 Å². The van der Waals surface area contributed by atoms with Gasteiger partial charge in [-0.1, -0.05) is 28.1 Å². The highest BCUT2D eigenvalue weighted by Crippen LogP contribution is 2.23. The smallest absolute Gasteiger partial charge is 0.206 e. The van der Waals surface area contributed by atoms with Crippen LogP contribution in [-0.2, 0) is 11.3 Å². The molecule has 0 aliphatic rings. The van der Waals surface area contributed by atoms with E-state index in [-0.39, 0.29) is 12.3 Å². The van der Waals surface area contributed by atoms with Crippen LogP contribution in [-0.4, -0.2) is 26.0 Å². The zero-order chi connectivity index (χ0) is 11.5. The first-order valence-corrected chi connectivity index (χ1v) is 5.48. The molecule has 0 atom stereocenters. The van der Waals surface area contributed by atoms with E-state index in [2.05, 4.69) is 31.3 Å². The maximum Gasteiger partial charge on any atom is 0.206 e. The average molecular weight is 281 g/mol. The Morgan fingerprint density at radius 2 is 2.19 bits per heavy atom. The minimum atomic E-state index is -0.00363. The van der Waals surface area contributed by atoms with Crippen LogP contribution in [0.2, 0.25) is 0 Å². The summed E-state index contributed by atoms with van der Waals surface area (Å²) in [7, 11) is 0. The fourth-order valence-electron chi connectivity index (χ4n) is 1.26. The third kappa shape index (κ3) is 2.33. The number of benzene rings is 1. The van der Waals surface area contributed by atoms with Crippen molar-refractivity contribution in [1.29, 1.82) is 0 Å². The molecule has 2 aromatic rings. The molecule has 1 aromatic carbocycles. The lowest BCUT2D eigenvalue weighted by atomic mass is 10.2. The maximum absolute atomic E-state index is 10.9. The predicted octanol–water partition coefficient (Wildman–Crippen LogP) is 1.69. The lowest BCUT2D eigenvalue weighted by Gasteiger charge is -1.96. The summed E-state index contributed by atoms with van der Waals surface area (Å²) in [5.74, 6) is 0.504. The van der Waals surface area contributed by atoms with Crippen molar-refractivity contribution in [2.75, 3.05) is 0 Å². The van der Waals surface area contributed by atoms with E-state index in [4.69, 9.17) is 0 Å². The Kier molecular flexibility index (Phi) is 3.09. The molecule has 1 heterocycles. The van der Waals surface area contributed by atoms with Crippen LogP contribution in [0, 0.1) is 0 Å². The van der Waals surface area contributed by atoms with E-state index in [1.807, 2.05) is 24.3 Å². The van der Waals surface area contributed by atoms with Crippen LogP contribution in [0.5, 0.6) is 0 Å². The van der Waals surface area contributed by atoms with E-state index >= 15 is 0 Å². The van der Waals surface area contributed by atoms with Gasteiger partial charge in [0.25, 0.3) is 0 Å². The monoisotopic (exact) mass is 280 g/mol. The summed E-state index contributed by atoms with van der Waals surface area (Å²) < 4.78 is 0.900. The zero-order valence-electron chi connectivity index (χ0n) is 8.59. The van der Waals surface area contributed by atoms with Gasteiger partial charge in [0.2, 0.25) is 5.82 Å². The second-order valence-corrected chi connectivity index (χ2v) is 4.18. The number of aromatic nitrogens is 4. The highest BCUT2D eigenvalue weighted by atomic mass is 79.9. The van der Waals surface area contributed by atoms with Crippen molar-refractivity contribution >= 4 is 21.7 Å². The molecule has 82 valence electrons. The van der Waals surface area contributed by atoms with E-state index in [1.165, 1.54) is 11.7 Å². The molecule has 0 radical (unpaired) electrons. The first-order valence-electron chi connectivity index (χ1n) is 4.69. The third-order valence-corrected chi connectivity index (χ3v) is 2.62. The second kappa shape index (κ2) is 4.52. The fourth-order valence-corrected chi connectivity index (χ4v) is 1.72. The molecule has 6 heteroatoms. The molecule has 0 amide bonds. The average Bonchev–Trinajstić information content (AvgIpc) is 2.66. The third-order valence-electron chi connectivity index (χ3n) is 1.93. The van der Waals surface area contributed by atoms with Crippen LogP contribution in [0.25, 0.3) is 11.4 Å². The lowest BCUT2D eigenvalue weighted by Crippen LogP contribution is -2.09. The summed E-state index contributed by atoms with van der Waals surface area (Å²) in [6.07, 6.45) is 0. The molecule has 5 nitrogen and oxygen atoms in total. The van der Waals surface area contributed by atoms with Gasteiger partial charge in [0.1, 0.15) is 6.54 Å². The molecular formula is C10H9BrN4O. The van der Waals surface area contributed by atoms with Gasteiger partial charge in [0, 0.05) is 10.0 Å². The molecule has 0 N–H and O–H groups in total. The van der Waals surface area contributed by atoms with Crippen molar-refractivity contribution in [2.45, 2.75) is 13.5 Å². The van der Waals surface area contributed by atoms with Crippen molar-refractivity contribution < 1.29 is 4.79 Å². The predicted molar refractivity (Wildman–Crippen MR) is 61.6 cm³/mol. The van der Waals surface area contributed by atoms with Gasteiger partial charge in [-0.15, -0.1) is 10.2 Å². The summed E-state index contributed by atoms with van der Waals surface area (Å²) in [5, 5.41) is 11.8. The van der Waals surface area contributed by atoms with Crippen molar-refractivity contribution in [2.24, 2.45) is 0 Å². The molecule has 16 heavy (non-hydrogen) atoms. The highest BCUT2D eigenvalue weighted by molar-refractivity contribution is 9.10. The van der Waals surface area contributed by atoms with Gasteiger partial charge in [-0.2, -0.15) is 4.80 Å². The zero-order valence-corrected chi connectivity index (χ0v) is 10.2. The lowest BCUT2D eigenvalue weighted by molar-refractivity contribution is -0.117. The van der Waals surface area contributed by atoms with E-state index in [0.717, 1.165) is 10.0 Å². The maximum atomic E-state index is 10.9. The summed E-state index contributed by atoms with van der Waals surface area (Å²) in [6.45, 7) is 1.64. The van der Waals surface area contributed by atoms with Crippen molar-refractivity contribution in [3.8, 4) is 11.4 Å². The topological polar surface area (TPSA) is 60.7 Å². The van der Waals surface area contributed by atoms with E-state index in [9.17, 15) is 4.79 Å². The molecule has 1 aromatic heterocycles. The van der Waals surface area contributed by atoms with Gasteiger partial charge in [-0.25, -0.2) is 0 Å². The SMILES string of the molecule is CC(=O)Cn1nnc(-c2ccccc2Br)n1. The molecule has 0 aliphatic heterocycles. The molecule has 0 spiro atoms. The molecular weight excluding hydrogens is 272 g/mol. The number of ketones is 1. The summed E-state index contributed by atoms with van der Waals surface area (Å²) in [5.41, 5.74) is 0.859. The minimum absolute atomic E-state index is 0.00363. The standard InChI is InChI=1S/C10H9BrN4O/c1-7(16)6-15-13-10(12-14-15)8-4-2-3-5-9(8)11/h2-5H,6H2,1H3. The Labute approximate surface area is 101 Å². The highest BCUT2D eigenvalue weighted by Gasteiger charge is 2.09. The van der Waals surface area contributed by atoms with Crippen LogP contribution in [0.1, 0.15) is 6.92 Å². The summed E-state index contributed by atoms with van der Waals surface area (Å²) in [4.78, 5) is 12.2. The number of halogens is 1. The van der Waals surface area contributed by atoms with Crippen LogP contribution in [0.15, 0.2) is 28.7 Å². The molecule has 0 saturated heterocycles. The molecule has 2 rings (SSSR count). The van der Waals surface area contributed by atoms with Crippen molar-refractivity contribution in [3.63, 3.8) is 0 Å².